The van der Waals surface area contributed by atoms with Gasteiger partial charge in [-0.2, -0.15) is 0 Å². The molecule has 2 unspecified atom stereocenters. The monoisotopic (exact) mass is 212 g/mol. The fourth-order valence-corrected chi connectivity index (χ4v) is 1.91. The van der Waals surface area contributed by atoms with Gasteiger partial charge in [0.15, 0.2) is 0 Å². The van der Waals surface area contributed by atoms with Crippen molar-refractivity contribution in [2.24, 2.45) is 11.8 Å². The largest absolute Gasteiger partial charge is 0.343 e. The Hall–Kier alpha value is -0.900. The predicted octanol–water partition coefficient (Wildman–Crippen LogP) is 0.278. The molecule has 0 aromatic heterocycles. The summed E-state index contributed by atoms with van der Waals surface area (Å²) in [5.74, 6) is 0.583. The van der Waals surface area contributed by atoms with Crippen LogP contribution in [0.1, 0.15) is 20.3 Å². The highest BCUT2D eigenvalue weighted by atomic mass is 16.1. The van der Waals surface area contributed by atoms with Gasteiger partial charge < -0.3 is 15.0 Å². The molecule has 1 aliphatic rings. The minimum atomic E-state index is -0.00591. The van der Waals surface area contributed by atoms with E-state index in [2.05, 4.69) is 19.2 Å². The third-order valence-electron chi connectivity index (χ3n) is 2.67. The molecule has 1 heterocycles. The standard InChI is InChI=1S/C11H20N2O2/c1-9(2)4-12-11-3-10(7-14)5-13(6-11)8-15/h7-12H,3-6H2,1-2H3. The first kappa shape index (κ1) is 12.2. The maximum Gasteiger partial charge on any atom is 0.209 e. The first-order chi connectivity index (χ1) is 7.15. The second kappa shape index (κ2) is 5.85. The first-order valence-electron chi connectivity index (χ1n) is 5.53. The second-order valence-corrected chi connectivity index (χ2v) is 4.69. The molecule has 1 amide bonds. The minimum absolute atomic E-state index is 0.00591. The molecule has 15 heavy (non-hydrogen) atoms. The third kappa shape index (κ3) is 4.00. The first-order valence-corrected chi connectivity index (χ1v) is 5.53. The highest BCUT2D eigenvalue weighted by Crippen LogP contribution is 2.14. The zero-order valence-electron chi connectivity index (χ0n) is 9.48. The van der Waals surface area contributed by atoms with Crippen LogP contribution in [0.3, 0.4) is 0 Å². The SMILES string of the molecule is CC(C)CNC1CC(C=O)CN(C=O)C1. The Morgan fingerprint density at radius 1 is 1.40 bits per heavy atom. The van der Waals surface area contributed by atoms with Crippen molar-refractivity contribution in [1.29, 1.82) is 0 Å². The van der Waals surface area contributed by atoms with Crippen molar-refractivity contribution in [2.45, 2.75) is 26.3 Å². The summed E-state index contributed by atoms with van der Waals surface area (Å²) >= 11 is 0. The molecule has 0 aromatic carbocycles. The van der Waals surface area contributed by atoms with E-state index in [0.29, 0.717) is 12.5 Å². The van der Waals surface area contributed by atoms with Gasteiger partial charge in [-0.15, -0.1) is 0 Å². The minimum Gasteiger partial charge on any atom is -0.343 e. The predicted molar refractivity (Wildman–Crippen MR) is 58.4 cm³/mol. The summed E-state index contributed by atoms with van der Waals surface area (Å²) in [5.41, 5.74) is 0. The van der Waals surface area contributed by atoms with Gasteiger partial charge >= 0.3 is 0 Å². The molecular weight excluding hydrogens is 192 g/mol. The molecule has 0 aliphatic carbocycles. The quantitative estimate of drug-likeness (QED) is 0.666. The number of amides is 1. The van der Waals surface area contributed by atoms with Gasteiger partial charge in [0.05, 0.1) is 0 Å². The lowest BCUT2D eigenvalue weighted by molar-refractivity contribution is -0.122. The van der Waals surface area contributed by atoms with Gasteiger partial charge in [-0.05, 0) is 18.9 Å². The molecule has 0 saturated carbocycles. The number of hydrogen-bond donors (Lipinski definition) is 1. The molecule has 86 valence electrons. The highest BCUT2D eigenvalue weighted by molar-refractivity contribution is 5.56. The Kier molecular flexibility index (Phi) is 4.75. The highest BCUT2D eigenvalue weighted by Gasteiger charge is 2.25. The average Bonchev–Trinajstić information content (AvgIpc) is 2.25. The van der Waals surface area contributed by atoms with E-state index in [1.807, 2.05) is 0 Å². The van der Waals surface area contributed by atoms with Crippen LogP contribution in [0.2, 0.25) is 0 Å². The molecule has 1 aliphatic heterocycles. The summed E-state index contributed by atoms with van der Waals surface area (Å²) in [6.07, 6.45) is 2.64. The molecule has 4 nitrogen and oxygen atoms in total. The summed E-state index contributed by atoms with van der Waals surface area (Å²) in [7, 11) is 0. The van der Waals surface area contributed by atoms with Crippen LogP contribution in [-0.4, -0.2) is 43.3 Å². The molecule has 1 rings (SSSR count). The summed E-state index contributed by atoms with van der Waals surface area (Å²) in [6, 6.07) is 0.265. The number of aldehydes is 1. The zero-order valence-corrected chi connectivity index (χ0v) is 9.48. The summed E-state index contributed by atoms with van der Waals surface area (Å²) < 4.78 is 0. The van der Waals surface area contributed by atoms with Crippen LogP contribution in [0.25, 0.3) is 0 Å². The molecule has 0 aromatic rings. The van der Waals surface area contributed by atoms with Crippen molar-refractivity contribution in [3.63, 3.8) is 0 Å². The van der Waals surface area contributed by atoms with Crippen LogP contribution in [0.15, 0.2) is 0 Å². The van der Waals surface area contributed by atoms with E-state index in [-0.39, 0.29) is 12.0 Å². The summed E-state index contributed by atoms with van der Waals surface area (Å²) in [4.78, 5) is 23.1. The van der Waals surface area contributed by atoms with Crippen molar-refractivity contribution < 1.29 is 9.59 Å². The smallest absolute Gasteiger partial charge is 0.209 e. The molecule has 0 radical (unpaired) electrons. The number of piperidine rings is 1. The molecule has 1 fully saturated rings. The third-order valence-corrected chi connectivity index (χ3v) is 2.67. The number of hydrogen-bond acceptors (Lipinski definition) is 3. The van der Waals surface area contributed by atoms with Crippen LogP contribution in [-0.2, 0) is 9.59 Å². The van der Waals surface area contributed by atoms with Crippen molar-refractivity contribution in [2.75, 3.05) is 19.6 Å². The van der Waals surface area contributed by atoms with Crippen molar-refractivity contribution in [3.8, 4) is 0 Å². The van der Waals surface area contributed by atoms with E-state index in [4.69, 9.17) is 0 Å². The Morgan fingerprint density at radius 3 is 2.67 bits per heavy atom. The molecule has 4 heteroatoms. The summed E-state index contributed by atoms with van der Waals surface area (Å²) in [6.45, 7) is 6.52. The van der Waals surface area contributed by atoms with Gasteiger partial charge in [0.25, 0.3) is 0 Å². The van der Waals surface area contributed by atoms with Crippen molar-refractivity contribution >= 4 is 12.7 Å². The van der Waals surface area contributed by atoms with Crippen molar-refractivity contribution in [1.82, 2.24) is 10.2 Å². The second-order valence-electron chi connectivity index (χ2n) is 4.69. The van der Waals surface area contributed by atoms with Gasteiger partial charge in [0.1, 0.15) is 6.29 Å². The molecule has 1 N–H and O–H groups in total. The van der Waals surface area contributed by atoms with Crippen molar-refractivity contribution in [3.05, 3.63) is 0 Å². The van der Waals surface area contributed by atoms with Gasteiger partial charge in [0, 0.05) is 25.0 Å². The van der Waals surface area contributed by atoms with E-state index in [0.717, 1.165) is 32.2 Å². The number of nitrogens with one attached hydrogen (secondary N) is 1. The molecular formula is C11H20N2O2. The van der Waals surface area contributed by atoms with E-state index in [1.54, 1.807) is 4.90 Å². The molecule has 0 spiro atoms. The Bertz CT molecular complexity index is 203. The molecule has 2 atom stereocenters. The Morgan fingerprint density at radius 2 is 2.13 bits per heavy atom. The fraction of sp³-hybridized carbons (Fsp3) is 0.818. The fourth-order valence-electron chi connectivity index (χ4n) is 1.91. The van der Waals surface area contributed by atoms with Gasteiger partial charge in [-0.25, -0.2) is 0 Å². The maximum atomic E-state index is 10.7. The summed E-state index contributed by atoms with van der Waals surface area (Å²) in [5, 5.41) is 3.39. The lowest BCUT2D eigenvalue weighted by Crippen LogP contribution is -2.49. The maximum absolute atomic E-state index is 10.7. The van der Waals surface area contributed by atoms with Crippen LogP contribution in [0.5, 0.6) is 0 Å². The van der Waals surface area contributed by atoms with Gasteiger partial charge in [0.2, 0.25) is 6.41 Å². The van der Waals surface area contributed by atoms with Crippen LogP contribution in [0, 0.1) is 11.8 Å². The van der Waals surface area contributed by atoms with Crippen LogP contribution >= 0.6 is 0 Å². The number of rotatable bonds is 5. The number of nitrogens with zero attached hydrogens (tertiary/aromatic N) is 1. The normalized spacial score (nSPS) is 26.7. The molecule has 1 saturated heterocycles. The number of carbonyl (C=O) groups is 2. The van der Waals surface area contributed by atoms with Gasteiger partial charge in [-0.1, -0.05) is 13.8 Å². The lowest BCUT2D eigenvalue weighted by atomic mass is 9.95. The lowest BCUT2D eigenvalue weighted by Gasteiger charge is -2.34. The van der Waals surface area contributed by atoms with Crippen LogP contribution < -0.4 is 5.32 Å². The number of carbonyl (C=O) groups excluding carboxylic acids is 2. The number of likely N-dealkylation sites (tertiary alicyclic amines) is 1. The molecule has 0 bridgehead atoms. The van der Waals surface area contributed by atoms with Crippen LogP contribution in [0.4, 0.5) is 0 Å². The van der Waals surface area contributed by atoms with E-state index in [9.17, 15) is 9.59 Å². The topological polar surface area (TPSA) is 49.4 Å². The Balaban J connectivity index is 2.42. The Labute approximate surface area is 91.0 Å². The van der Waals surface area contributed by atoms with Gasteiger partial charge in [-0.3, -0.25) is 4.79 Å². The average molecular weight is 212 g/mol. The van der Waals surface area contributed by atoms with E-state index in [1.165, 1.54) is 0 Å². The van der Waals surface area contributed by atoms with E-state index >= 15 is 0 Å². The zero-order chi connectivity index (χ0) is 11.3. The van der Waals surface area contributed by atoms with E-state index < -0.39 is 0 Å².